The summed E-state index contributed by atoms with van der Waals surface area (Å²) < 4.78 is 28.0. The number of sulfone groups is 1. The first-order valence-electron chi connectivity index (χ1n) is 7.03. The molecule has 2 heterocycles. The Morgan fingerprint density at radius 3 is 2.75 bits per heavy atom. The van der Waals surface area contributed by atoms with Gasteiger partial charge in [-0.25, -0.2) is 8.42 Å². The highest BCUT2D eigenvalue weighted by atomic mass is 32.2. The molecule has 20 heavy (non-hydrogen) atoms. The van der Waals surface area contributed by atoms with Crippen LogP contribution >= 0.6 is 0 Å². The maximum absolute atomic E-state index is 12.0. The zero-order chi connectivity index (χ0) is 14.6. The number of ether oxygens (including phenoxy) is 1. The van der Waals surface area contributed by atoms with Crippen molar-refractivity contribution in [3.8, 4) is 0 Å². The van der Waals surface area contributed by atoms with Crippen LogP contribution in [0.15, 0.2) is 0 Å². The molecule has 0 saturated carbocycles. The molecule has 0 aromatic rings. The lowest BCUT2D eigenvalue weighted by Gasteiger charge is -2.30. The van der Waals surface area contributed by atoms with E-state index in [0.29, 0.717) is 39.3 Å². The standard InChI is InChI=1S/C12H23N3O4S/c1-10-11(13-3-7-19-10)12(16)14-2-4-15-5-8-20(17,18)9-6-15/h10-11,13H,2-9H2,1H3,(H,14,16)/t10-,11+/m1/s1. The maximum Gasteiger partial charge on any atom is 0.239 e. The fourth-order valence-corrected chi connectivity index (χ4v) is 3.73. The average molecular weight is 305 g/mol. The van der Waals surface area contributed by atoms with E-state index in [1.165, 1.54) is 0 Å². The molecular formula is C12H23N3O4S. The van der Waals surface area contributed by atoms with Gasteiger partial charge >= 0.3 is 0 Å². The van der Waals surface area contributed by atoms with E-state index in [2.05, 4.69) is 15.5 Å². The lowest BCUT2D eigenvalue weighted by molar-refractivity contribution is -0.128. The number of amides is 1. The van der Waals surface area contributed by atoms with Gasteiger partial charge in [0.05, 0.1) is 24.2 Å². The van der Waals surface area contributed by atoms with Gasteiger partial charge in [0.2, 0.25) is 5.91 Å². The molecule has 2 fully saturated rings. The van der Waals surface area contributed by atoms with Gasteiger partial charge in [0.1, 0.15) is 6.04 Å². The molecule has 0 radical (unpaired) electrons. The fraction of sp³-hybridized carbons (Fsp3) is 0.917. The van der Waals surface area contributed by atoms with Gasteiger partial charge in [-0.15, -0.1) is 0 Å². The van der Waals surface area contributed by atoms with Crippen LogP contribution in [0.1, 0.15) is 6.92 Å². The van der Waals surface area contributed by atoms with Crippen LogP contribution in [0.3, 0.4) is 0 Å². The van der Waals surface area contributed by atoms with Crippen LogP contribution in [0.5, 0.6) is 0 Å². The second-order valence-corrected chi connectivity index (χ2v) is 7.60. The quantitative estimate of drug-likeness (QED) is 0.638. The van der Waals surface area contributed by atoms with Crippen molar-refractivity contribution in [3.05, 3.63) is 0 Å². The van der Waals surface area contributed by atoms with E-state index in [0.717, 1.165) is 0 Å². The predicted octanol–water partition coefficient (Wildman–Crippen LogP) is -1.79. The molecule has 7 nitrogen and oxygen atoms in total. The van der Waals surface area contributed by atoms with Crippen molar-refractivity contribution in [1.82, 2.24) is 15.5 Å². The third-order valence-electron chi connectivity index (χ3n) is 3.76. The Hall–Kier alpha value is -0.700. The molecule has 116 valence electrons. The van der Waals surface area contributed by atoms with Gasteiger partial charge in [0.15, 0.2) is 9.84 Å². The van der Waals surface area contributed by atoms with Crippen molar-refractivity contribution < 1.29 is 17.9 Å². The smallest absolute Gasteiger partial charge is 0.239 e. The Bertz CT molecular complexity index is 426. The molecule has 2 atom stereocenters. The number of carbonyl (C=O) groups excluding carboxylic acids is 1. The van der Waals surface area contributed by atoms with Crippen molar-refractivity contribution in [2.75, 3.05) is 50.8 Å². The van der Waals surface area contributed by atoms with Gasteiger partial charge in [0.25, 0.3) is 0 Å². The molecule has 1 amide bonds. The predicted molar refractivity (Wildman–Crippen MR) is 75.3 cm³/mol. The normalized spacial score (nSPS) is 30.9. The van der Waals surface area contributed by atoms with Crippen molar-refractivity contribution in [2.45, 2.75) is 19.1 Å². The van der Waals surface area contributed by atoms with E-state index in [9.17, 15) is 13.2 Å². The summed E-state index contributed by atoms with van der Waals surface area (Å²) in [6.07, 6.45) is -0.121. The van der Waals surface area contributed by atoms with Crippen LogP contribution in [0.25, 0.3) is 0 Å². The SMILES string of the molecule is C[C@H]1OCCN[C@@H]1C(=O)NCCN1CCS(=O)(=O)CC1. The summed E-state index contributed by atoms with van der Waals surface area (Å²) in [7, 11) is -2.84. The van der Waals surface area contributed by atoms with E-state index in [1.807, 2.05) is 6.92 Å². The summed E-state index contributed by atoms with van der Waals surface area (Å²) in [4.78, 5) is 14.1. The lowest BCUT2D eigenvalue weighted by Crippen LogP contribution is -2.56. The molecule has 2 aliphatic rings. The number of rotatable bonds is 4. The third-order valence-corrected chi connectivity index (χ3v) is 5.37. The van der Waals surface area contributed by atoms with Crippen LogP contribution in [0.4, 0.5) is 0 Å². The molecule has 0 aliphatic carbocycles. The molecule has 8 heteroatoms. The minimum Gasteiger partial charge on any atom is -0.375 e. The maximum atomic E-state index is 12.0. The number of hydrogen-bond acceptors (Lipinski definition) is 6. The second kappa shape index (κ2) is 6.84. The molecule has 2 rings (SSSR count). The number of morpholine rings is 1. The van der Waals surface area contributed by atoms with Crippen molar-refractivity contribution in [1.29, 1.82) is 0 Å². The molecule has 0 spiro atoms. The van der Waals surface area contributed by atoms with Gasteiger partial charge in [-0.1, -0.05) is 0 Å². The molecule has 0 bridgehead atoms. The van der Waals surface area contributed by atoms with Crippen molar-refractivity contribution in [3.63, 3.8) is 0 Å². The third kappa shape index (κ3) is 4.41. The number of nitrogens with one attached hydrogen (secondary N) is 2. The fourth-order valence-electron chi connectivity index (χ4n) is 2.45. The van der Waals surface area contributed by atoms with E-state index >= 15 is 0 Å². The van der Waals surface area contributed by atoms with Gasteiger partial charge in [-0.3, -0.25) is 9.69 Å². The van der Waals surface area contributed by atoms with Crippen molar-refractivity contribution >= 4 is 15.7 Å². The van der Waals surface area contributed by atoms with Crippen LogP contribution < -0.4 is 10.6 Å². The van der Waals surface area contributed by atoms with E-state index < -0.39 is 9.84 Å². The number of nitrogens with zero attached hydrogens (tertiary/aromatic N) is 1. The largest absolute Gasteiger partial charge is 0.375 e. The van der Waals surface area contributed by atoms with Crippen LogP contribution in [-0.2, 0) is 19.4 Å². The molecule has 0 aromatic heterocycles. The Morgan fingerprint density at radius 1 is 1.40 bits per heavy atom. The minimum atomic E-state index is -2.84. The van der Waals surface area contributed by atoms with Crippen LogP contribution in [0, 0.1) is 0 Å². The first kappa shape index (κ1) is 15.7. The van der Waals surface area contributed by atoms with E-state index in [1.54, 1.807) is 0 Å². The second-order valence-electron chi connectivity index (χ2n) is 5.29. The van der Waals surface area contributed by atoms with Crippen LogP contribution in [0.2, 0.25) is 0 Å². The first-order valence-corrected chi connectivity index (χ1v) is 8.85. The topological polar surface area (TPSA) is 87.7 Å². The number of hydrogen-bond donors (Lipinski definition) is 2. The van der Waals surface area contributed by atoms with Gasteiger partial charge in [0, 0.05) is 32.7 Å². The molecule has 2 aliphatic heterocycles. The van der Waals surface area contributed by atoms with Gasteiger partial charge in [-0.2, -0.15) is 0 Å². The molecular weight excluding hydrogens is 282 g/mol. The molecule has 0 unspecified atom stereocenters. The highest BCUT2D eigenvalue weighted by Gasteiger charge is 2.28. The first-order chi connectivity index (χ1) is 9.48. The monoisotopic (exact) mass is 305 g/mol. The summed E-state index contributed by atoms with van der Waals surface area (Å²) in [6.45, 7) is 5.53. The summed E-state index contributed by atoms with van der Waals surface area (Å²) >= 11 is 0. The Balaban J connectivity index is 1.67. The summed E-state index contributed by atoms with van der Waals surface area (Å²) in [5.74, 6) is 0.383. The zero-order valence-electron chi connectivity index (χ0n) is 11.8. The average Bonchev–Trinajstić information content (AvgIpc) is 2.41. The molecule has 2 N–H and O–H groups in total. The molecule has 0 aromatic carbocycles. The van der Waals surface area contributed by atoms with Crippen molar-refractivity contribution in [2.24, 2.45) is 0 Å². The summed E-state index contributed by atoms with van der Waals surface area (Å²) in [6, 6.07) is -0.300. The van der Waals surface area contributed by atoms with E-state index in [-0.39, 0.29) is 29.6 Å². The number of carbonyl (C=O) groups is 1. The van der Waals surface area contributed by atoms with Crippen LogP contribution in [-0.4, -0.2) is 82.2 Å². The highest BCUT2D eigenvalue weighted by molar-refractivity contribution is 7.91. The zero-order valence-corrected chi connectivity index (χ0v) is 12.6. The highest BCUT2D eigenvalue weighted by Crippen LogP contribution is 2.04. The Labute approximate surface area is 120 Å². The minimum absolute atomic E-state index is 0.0539. The van der Waals surface area contributed by atoms with Gasteiger partial charge in [-0.05, 0) is 6.92 Å². The Kier molecular flexibility index (Phi) is 5.36. The Morgan fingerprint density at radius 2 is 2.10 bits per heavy atom. The lowest BCUT2D eigenvalue weighted by atomic mass is 10.1. The van der Waals surface area contributed by atoms with E-state index in [4.69, 9.17) is 4.74 Å². The summed E-state index contributed by atoms with van der Waals surface area (Å²) in [5, 5.41) is 6.02. The molecule has 2 saturated heterocycles. The van der Waals surface area contributed by atoms with Gasteiger partial charge < -0.3 is 15.4 Å². The summed E-state index contributed by atoms with van der Waals surface area (Å²) in [5.41, 5.74) is 0.